The summed E-state index contributed by atoms with van der Waals surface area (Å²) in [5.74, 6) is 0.802. The molecule has 156 valence electrons. The SMILES string of the molecule is CN=C(NCCCS(=O)(=O)c1ccccc1)NCCN(C)CCCOC.I. The van der Waals surface area contributed by atoms with Crippen molar-refractivity contribution < 1.29 is 13.2 Å². The maximum Gasteiger partial charge on any atom is 0.191 e. The first kappa shape index (κ1) is 26.1. The Morgan fingerprint density at radius 3 is 2.41 bits per heavy atom. The largest absolute Gasteiger partial charge is 0.385 e. The summed E-state index contributed by atoms with van der Waals surface area (Å²) in [5.41, 5.74) is 0. The van der Waals surface area contributed by atoms with Crippen molar-refractivity contribution >= 4 is 39.8 Å². The van der Waals surface area contributed by atoms with E-state index < -0.39 is 9.84 Å². The predicted octanol–water partition coefficient (Wildman–Crippen LogP) is 1.60. The summed E-state index contributed by atoms with van der Waals surface area (Å²) in [7, 11) is 2.27. The van der Waals surface area contributed by atoms with E-state index in [9.17, 15) is 8.42 Å². The number of hydrogen-bond donors (Lipinski definition) is 2. The fourth-order valence-corrected chi connectivity index (χ4v) is 3.72. The summed E-state index contributed by atoms with van der Waals surface area (Å²) in [6, 6.07) is 8.55. The molecule has 9 heteroatoms. The molecule has 0 aromatic heterocycles. The molecular weight excluding hydrogens is 479 g/mol. The molecule has 0 atom stereocenters. The van der Waals surface area contributed by atoms with Crippen LogP contribution in [0.1, 0.15) is 12.8 Å². The lowest BCUT2D eigenvalue weighted by molar-refractivity contribution is 0.180. The third-order valence-electron chi connectivity index (χ3n) is 3.88. The number of sulfone groups is 1. The van der Waals surface area contributed by atoms with E-state index in [-0.39, 0.29) is 29.7 Å². The van der Waals surface area contributed by atoms with Gasteiger partial charge in [0, 0.05) is 46.9 Å². The Kier molecular flexibility index (Phi) is 14.6. The van der Waals surface area contributed by atoms with Crippen molar-refractivity contribution in [2.75, 3.05) is 59.7 Å². The number of methoxy groups -OCH3 is 1. The van der Waals surface area contributed by atoms with Gasteiger partial charge in [0.15, 0.2) is 15.8 Å². The maximum absolute atomic E-state index is 12.2. The number of aliphatic imine (C=N–C) groups is 1. The summed E-state index contributed by atoms with van der Waals surface area (Å²) in [6.07, 6.45) is 1.53. The lowest BCUT2D eigenvalue weighted by Gasteiger charge is -2.18. The van der Waals surface area contributed by atoms with Crippen molar-refractivity contribution in [2.45, 2.75) is 17.7 Å². The molecule has 0 aliphatic carbocycles. The van der Waals surface area contributed by atoms with E-state index in [4.69, 9.17) is 4.74 Å². The van der Waals surface area contributed by atoms with Gasteiger partial charge in [-0.25, -0.2) is 8.42 Å². The van der Waals surface area contributed by atoms with Gasteiger partial charge in [-0.15, -0.1) is 24.0 Å². The number of halogens is 1. The maximum atomic E-state index is 12.2. The molecule has 7 nitrogen and oxygen atoms in total. The average molecular weight is 512 g/mol. The lowest BCUT2D eigenvalue weighted by atomic mass is 10.4. The van der Waals surface area contributed by atoms with Crippen LogP contribution < -0.4 is 10.6 Å². The normalized spacial score (nSPS) is 11.9. The van der Waals surface area contributed by atoms with Crippen molar-refractivity contribution in [1.82, 2.24) is 15.5 Å². The van der Waals surface area contributed by atoms with Crippen molar-refractivity contribution in [3.05, 3.63) is 30.3 Å². The zero-order valence-corrected chi connectivity index (χ0v) is 19.6. The first-order valence-corrected chi connectivity index (χ1v) is 10.5. The Balaban J connectivity index is 0.00000676. The van der Waals surface area contributed by atoms with Gasteiger partial charge in [0.1, 0.15) is 0 Å². The first-order chi connectivity index (χ1) is 12.5. The van der Waals surface area contributed by atoms with Crippen LogP contribution in [0.5, 0.6) is 0 Å². The van der Waals surface area contributed by atoms with Gasteiger partial charge in [0.05, 0.1) is 10.6 Å². The highest BCUT2D eigenvalue weighted by atomic mass is 127. The first-order valence-electron chi connectivity index (χ1n) is 8.89. The minimum Gasteiger partial charge on any atom is -0.385 e. The predicted molar refractivity (Wildman–Crippen MR) is 122 cm³/mol. The van der Waals surface area contributed by atoms with Crippen LogP contribution >= 0.6 is 24.0 Å². The van der Waals surface area contributed by atoms with Crippen LogP contribution in [0.25, 0.3) is 0 Å². The third kappa shape index (κ3) is 11.5. The summed E-state index contributed by atoms with van der Waals surface area (Å²) in [6.45, 7) is 3.97. The summed E-state index contributed by atoms with van der Waals surface area (Å²) in [5, 5.41) is 6.39. The van der Waals surface area contributed by atoms with Gasteiger partial charge in [0.2, 0.25) is 0 Å². The summed E-state index contributed by atoms with van der Waals surface area (Å²) < 4.78 is 29.5. The second kappa shape index (κ2) is 15.1. The van der Waals surface area contributed by atoms with Gasteiger partial charge in [0.25, 0.3) is 0 Å². The van der Waals surface area contributed by atoms with Crippen LogP contribution in [0.15, 0.2) is 40.2 Å². The van der Waals surface area contributed by atoms with Crippen molar-refractivity contribution in [2.24, 2.45) is 4.99 Å². The van der Waals surface area contributed by atoms with Crippen LogP contribution in [0, 0.1) is 0 Å². The lowest BCUT2D eigenvalue weighted by Crippen LogP contribution is -2.41. The number of hydrogen-bond acceptors (Lipinski definition) is 5. The second-order valence-electron chi connectivity index (χ2n) is 6.06. The molecule has 0 amide bonds. The summed E-state index contributed by atoms with van der Waals surface area (Å²) in [4.78, 5) is 6.76. The van der Waals surface area contributed by atoms with Crippen molar-refractivity contribution in [3.8, 4) is 0 Å². The van der Waals surface area contributed by atoms with E-state index in [1.54, 1.807) is 38.4 Å². The fraction of sp³-hybridized carbons (Fsp3) is 0.611. The Morgan fingerprint density at radius 1 is 1.11 bits per heavy atom. The van der Waals surface area contributed by atoms with E-state index in [0.717, 1.165) is 32.7 Å². The molecule has 2 N–H and O–H groups in total. The molecule has 1 aromatic rings. The zero-order valence-electron chi connectivity index (χ0n) is 16.5. The van der Waals surface area contributed by atoms with Crippen LogP contribution in [0.2, 0.25) is 0 Å². The minimum absolute atomic E-state index is 0. The highest BCUT2D eigenvalue weighted by Gasteiger charge is 2.13. The quantitative estimate of drug-likeness (QED) is 0.192. The van der Waals surface area contributed by atoms with E-state index >= 15 is 0 Å². The third-order valence-corrected chi connectivity index (χ3v) is 5.70. The van der Waals surface area contributed by atoms with Gasteiger partial charge >= 0.3 is 0 Å². The number of ether oxygens (including phenoxy) is 1. The molecule has 1 rings (SSSR count). The smallest absolute Gasteiger partial charge is 0.191 e. The molecule has 0 heterocycles. The molecule has 0 spiro atoms. The van der Waals surface area contributed by atoms with Crippen molar-refractivity contribution in [3.63, 3.8) is 0 Å². The molecule has 1 aromatic carbocycles. The number of nitrogens with zero attached hydrogens (tertiary/aromatic N) is 2. The molecule has 0 aliphatic heterocycles. The molecule has 27 heavy (non-hydrogen) atoms. The van der Waals surface area contributed by atoms with Gasteiger partial charge in [-0.2, -0.15) is 0 Å². The van der Waals surface area contributed by atoms with E-state index in [1.807, 2.05) is 6.07 Å². The molecule has 0 radical (unpaired) electrons. The number of rotatable bonds is 12. The Morgan fingerprint density at radius 2 is 1.78 bits per heavy atom. The number of likely N-dealkylation sites (N-methyl/N-ethyl adjacent to an activating group) is 1. The minimum atomic E-state index is -3.22. The van der Waals surface area contributed by atoms with Gasteiger partial charge in [-0.05, 0) is 32.0 Å². The molecule has 0 aliphatic rings. The van der Waals surface area contributed by atoms with Gasteiger partial charge in [-0.1, -0.05) is 18.2 Å². The fourth-order valence-electron chi connectivity index (χ4n) is 2.39. The van der Waals surface area contributed by atoms with E-state index in [1.165, 1.54) is 0 Å². The van der Waals surface area contributed by atoms with Crippen LogP contribution in [-0.4, -0.2) is 79.0 Å². The Bertz CT molecular complexity index is 627. The number of nitrogens with one attached hydrogen (secondary N) is 2. The molecule has 0 unspecified atom stereocenters. The second-order valence-corrected chi connectivity index (χ2v) is 8.17. The topological polar surface area (TPSA) is 83.0 Å². The monoisotopic (exact) mass is 512 g/mol. The Hall–Kier alpha value is -0.910. The molecular formula is C18H33IN4O3S. The van der Waals surface area contributed by atoms with Crippen molar-refractivity contribution in [1.29, 1.82) is 0 Å². The number of guanidine groups is 1. The summed E-state index contributed by atoms with van der Waals surface area (Å²) >= 11 is 0. The molecule has 0 fully saturated rings. The molecule has 0 saturated carbocycles. The molecule has 0 bridgehead atoms. The van der Waals surface area contributed by atoms with Crippen LogP contribution in [0.4, 0.5) is 0 Å². The van der Waals surface area contributed by atoms with Crippen LogP contribution in [0.3, 0.4) is 0 Å². The number of benzene rings is 1. The molecule has 0 saturated heterocycles. The Labute approximate surface area is 180 Å². The zero-order chi connectivity index (χ0) is 19.3. The van der Waals surface area contributed by atoms with E-state index in [2.05, 4.69) is 27.6 Å². The standard InChI is InChI=1S/C18H32N4O3S.HI/c1-19-18(21-12-14-22(2)13-8-15-25-3)20-11-7-16-26(23,24)17-9-5-4-6-10-17;/h4-6,9-10H,7-8,11-16H2,1-3H3,(H2,19,20,21);1H. The highest BCUT2D eigenvalue weighted by Crippen LogP contribution is 2.10. The van der Waals surface area contributed by atoms with Crippen LogP contribution in [-0.2, 0) is 14.6 Å². The van der Waals surface area contributed by atoms with E-state index in [0.29, 0.717) is 23.8 Å². The average Bonchev–Trinajstić information content (AvgIpc) is 2.64. The van der Waals surface area contributed by atoms with Gasteiger partial charge in [-0.3, -0.25) is 4.99 Å². The highest BCUT2D eigenvalue weighted by molar-refractivity contribution is 14.0. The van der Waals surface area contributed by atoms with Gasteiger partial charge < -0.3 is 20.3 Å².